The summed E-state index contributed by atoms with van der Waals surface area (Å²) in [5, 5.41) is 11.2. The molecule has 0 amide bonds. The Balaban J connectivity index is 1.46. The van der Waals surface area contributed by atoms with Crippen LogP contribution in [0.1, 0.15) is 19.8 Å². The molecule has 1 aliphatic rings. The van der Waals surface area contributed by atoms with Crippen LogP contribution in [-0.2, 0) is 14.8 Å². The molecule has 0 spiro atoms. The van der Waals surface area contributed by atoms with Gasteiger partial charge in [0, 0.05) is 32.2 Å². The van der Waals surface area contributed by atoms with E-state index in [9.17, 15) is 8.42 Å². The minimum absolute atomic E-state index is 0.208. The van der Waals surface area contributed by atoms with E-state index in [-0.39, 0.29) is 11.4 Å². The Bertz CT molecular complexity index is 886. The van der Waals surface area contributed by atoms with Crippen molar-refractivity contribution in [3.05, 3.63) is 36.5 Å². The van der Waals surface area contributed by atoms with Gasteiger partial charge in [-0.25, -0.2) is 13.1 Å². The summed E-state index contributed by atoms with van der Waals surface area (Å²) in [5.74, 6) is 1.27. The number of anilines is 2. The maximum atomic E-state index is 12.4. The molecule has 10 heteroatoms. The van der Waals surface area contributed by atoms with Gasteiger partial charge < -0.3 is 19.7 Å². The predicted octanol–water partition coefficient (Wildman–Crippen LogP) is 1.88. The lowest BCUT2D eigenvalue weighted by atomic mass is 10.3. The first-order valence-electron chi connectivity index (χ1n) is 10.2. The molecule has 1 saturated heterocycles. The second kappa shape index (κ2) is 11.1. The molecule has 1 aromatic carbocycles. The summed E-state index contributed by atoms with van der Waals surface area (Å²) in [6.07, 6.45) is 3.73. The van der Waals surface area contributed by atoms with Crippen molar-refractivity contribution in [1.82, 2.24) is 14.9 Å². The number of ether oxygens (including phenoxy) is 2. The van der Waals surface area contributed by atoms with Crippen molar-refractivity contribution < 1.29 is 17.9 Å². The molecule has 0 bridgehead atoms. The highest BCUT2D eigenvalue weighted by atomic mass is 32.2. The van der Waals surface area contributed by atoms with Gasteiger partial charge in [-0.1, -0.05) is 13.3 Å². The molecule has 0 radical (unpaired) electrons. The van der Waals surface area contributed by atoms with Crippen molar-refractivity contribution in [3.63, 3.8) is 0 Å². The van der Waals surface area contributed by atoms with Gasteiger partial charge in [-0.2, -0.15) is 5.10 Å². The zero-order chi connectivity index (χ0) is 21.2. The van der Waals surface area contributed by atoms with Gasteiger partial charge in [-0.15, -0.1) is 5.10 Å². The van der Waals surface area contributed by atoms with Crippen LogP contribution in [0.4, 0.5) is 11.5 Å². The molecule has 164 valence electrons. The first kappa shape index (κ1) is 22.3. The third-order valence-corrected chi connectivity index (χ3v) is 6.12. The Labute approximate surface area is 177 Å². The standard InChI is InChI=1S/C20H29N5O4S/c1-2-3-12-29-18-4-6-19(7-5-18)30(26,27)23-9-8-21-20-15-17(16-22-24-20)25-10-13-28-14-11-25/h4-7,15-16,23H,2-3,8-14H2,1H3,(H,21,24). The van der Waals surface area contributed by atoms with Crippen molar-refractivity contribution >= 4 is 21.5 Å². The fourth-order valence-corrected chi connectivity index (χ4v) is 3.98. The normalized spacial score (nSPS) is 14.5. The first-order chi connectivity index (χ1) is 14.6. The van der Waals surface area contributed by atoms with Gasteiger partial charge in [0.15, 0.2) is 5.82 Å². The van der Waals surface area contributed by atoms with E-state index in [0.717, 1.165) is 31.6 Å². The molecule has 9 nitrogen and oxygen atoms in total. The smallest absolute Gasteiger partial charge is 0.240 e. The van der Waals surface area contributed by atoms with Crippen molar-refractivity contribution in [1.29, 1.82) is 0 Å². The van der Waals surface area contributed by atoms with Crippen LogP contribution in [0.5, 0.6) is 5.75 Å². The molecular weight excluding hydrogens is 406 g/mol. The number of nitrogens with one attached hydrogen (secondary N) is 2. The largest absolute Gasteiger partial charge is 0.494 e. The molecular formula is C20H29N5O4S. The third-order valence-electron chi connectivity index (χ3n) is 4.64. The second-order valence-corrected chi connectivity index (χ2v) is 8.66. The van der Waals surface area contributed by atoms with Gasteiger partial charge >= 0.3 is 0 Å². The summed E-state index contributed by atoms with van der Waals surface area (Å²) in [4.78, 5) is 2.39. The van der Waals surface area contributed by atoms with Crippen LogP contribution in [0.3, 0.4) is 0 Å². The Morgan fingerprint density at radius 2 is 1.93 bits per heavy atom. The summed E-state index contributed by atoms with van der Waals surface area (Å²) in [6, 6.07) is 8.36. The highest BCUT2D eigenvalue weighted by Crippen LogP contribution is 2.18. The van der Waals surface area contributed by atoms with Crippen molar-refractivity contribution in [3.8, 4) is 5.75 Å². The number of benzene rings is 1. The van der Waals surface area contributed by atoms with E-state index in [1.807, 2.05) is 6.07 Å². The Hall–Kier alpha value is -2.43. The second-order valence-electron chi connectivity index (χ2n) is 6.90. The van der Waals surface area contributed by atoms with Crippen LogP contribution in [0.2, 0.25) is 0 Å². The predicted molar refractivity (Wildman–Crippen MR) is 116 cm³/mol. The lowest BCUT2D eigenvalue weighted by Crippen LogP contribution is -2.36. The number of aromatic nitrogens is 2. The van der Waals surface area contributed by atoms with Gasteiger partial charge in [0.1, 0.15) is 5.75 Å². The molecule has 0 aliphatic carbocycles. The number of nitrogens with zero attached hydrogens (tertiary/aromatic N) is 3. The number of sulfonamides is 1. The molecule has 3 rings (SSSR count). The molecule has 0 atom stereocenters. The summed E-state index contributed by atoms with van der Waals surface area (Å²) in [7, 11) is -3.59. The van der Waals surface area contributed by atoms with Gasteiger partial charge in [-0.05, 0) is 30.7 Å². The first-order valence-corrected chi connectivity index (χ1v) is 11.7. The van der Waals surface area contributed by atoms with Crippen LogP contribution >= 0.6 is 0 Å². The van der Waals surface area contributed by atoms with Gasteiger partial charge in [0.05, 0.1) is 36.6 Å². The summed E-state index contributed by atoms with van der Waals surface area (Å²) in [5.41, 5.74) is 0.970. The fraction of sp³-hybridized carbons (Fsp3) is 0.500. The molecule has 1 fully saturated rings. The zero-order valence-corrected chi connectivity index (χ0v) is 18.0. The molecule has 0 saturated carbocycles. The molecule has 30 heavy (non-hydrogen) atoms. The number of rotatable bonds is 11. The molecule has 1 aliphatic heterocycles. The maximum absolute atomic E-state index is 12.4. The summed E-state index contributed by atoms with van der Waals surface area (Å²) < 4.78 is 38.4. The number of hydrogen-bond donors (Lipinski definition) is 2. The van der Waals surface area contributed by atoms with Crippen molar-refractivity contribution in [2.24, 2.45) is 0 Å². The third kappa shape index (κ3) is 6.54. The van der Waals surface area contributed by atoms with E-state index in [2.05, 4.69) is 32.1 Å². The molecule has 1 aromatic heterocycles. The highest BCUT2D eigenvalue weighted by molar-refractivity contribution is 7.89. The van der Waals surface area contributed by atoms with E-state index in [4.69, 9.17) is 9.47 Å². The van der Waals surface area contributed by atoms with Gasteiger partial charge in [0.25, 0.3) is 0 Å². The molecule has 2 N–H and O–H groups in total. The Morgan fingerprint density at radius 3 is 2.67 bits per heavy atom. The quantitative estimate of drug-likeness (QED) is 0.516. The maximum Gasteiger partial charge on any atom is 0.240 e. The monoisotopic (exact) mass is 435 g/mol. The molecule has 2 heterocycles. The van der Waals surface area contributed by atoms with E-state index < -0.39 is 10.0 Å². The Morgan fingerprint density at radius 1 is 1.17 bits per heavy atom. The average Bonchev–Trinajstić information content (AvgIpc) is 2.78. The van der Waals surface area contributed by atoms with Gasteiger partial charge in [0.2, 0.25) is 10.0 Å². The van der Waals surface area contributed by atoms with E-state index >= 15 is 0 Å². The SMILES string of the molecule is CCCCOc1ccc(S(=O)(=O)NCCNc2cc(N3CCOCC3)cnn2)cc1. The highest BCUT2D eigenvalue weighted by Gasteiger charge is 2.14. The lowest BCUT2D eigenvalue weighted by molar-refractivity contribution is 0.122. The average molecular weight is 436 g/mol. The minimum atomic E-state index is -3.59. The number of unbranched alkanes of at least 4 members (excludes halogenated alkanes) is 1. The lowest BCUT2D eigenvalue weighted by Gasteiger charge is -2.28. The van der Waals surface area contributed by atoms with Crippen LogP contribution in [0.15, 0.2) is 41.4 Å². The fourth-order valence-electron chi connectivity index (χ4n) is 2.95. The van der Waals surface area contributed by atoms with Crippen molar-refractivity contribution in [2.45, 2.75) is 24.7 Å². The van der Waals surface area contributed by atoms with E-state index in [1.54, 1.807) is 30.5 Å². The topological polar surface area (TPSA) is 106 Å². The summed E-state index contributed by atoms with van der Waals surface area (Å²) >= 11 is 0. The van der Waals surface area contributed by atoms with Gasteiger partial charge in [-0.3, -0.25) is 0 Å². The van der Waals surface area contributed by atoms with E-state index in [0.29, 0.717) is 37.9 Å². The number of morpholine rings is 1. The van der Waals surface area contributed by atoms with E-state index in [1.165, 1.54) is 0 Å². The van der Waals surface area contributed by atoms with Crippen LogP contribution in [-0.4, -0.2) is 64.6 Å². The Kier molecular flexibility index (Phi) is 8.23. The molecule has 0 unspecified atom stereocenters. The summed E-state index contributed by atoms with van der Waals surface area (Å²) in [6.45, 7) is 6.34. The van der Waals surface area contributed by atoms with Crippen molar-refractivity contribution in [2.75, 3.05) is 56.2 Å². The zero-order valence-electron chi connectivity index (χ0n) is 17.2. The molecule has 2 aromatic rings. The number of hydrogen-bond acceptors (Lipinski definition) is 8. The minimum Gasteiger partial charge on any atom is -0.494 e. The van der Waals surface area contributed by atoms with Crippen LogP contribution < -0.4 is 19.7 Å². The van der Waals surface area contributed by atoms with Crippen LogP contribution in [0, 0.1) is 0 Å². The van der Waals surface area contributed by atoms with Crippen LogP contribution in [0.25, 0.3) is 0 Å².